The number of halogens is 1. The van der Waals surface area contributed by atoms with Gasteiger partial charge in [-0.1, -0.05) is 24.3 Å². The Balaban J connectivity index is 1.61. The van der Waals surface area contributed by atoms with Crippen LogP contribution < -0.4 is 10.6 Å². The molecule has 0 bridgehead atoms. The third-order valence-electron chi connectivity index (χ3n) is 4.08. The van der Waals surface area contributed by atoms with Gasteiger partial charge in [0.1, 0.15) is 11.6 Å². The lowest BCUT2D eigenvalue weighted by Gasteiger charge is -2.10. The van der Waals surface area contributed by atoms with E-state index in [2.05, 4.69) is 46.6 Å². The molecule has 2 aromatic carbocycles. The lowest BCUT2D eigenvalue weighted by molar-refractivity contribution is 0.610. The van der Waals surface area contributed by atoms with Crippen LogP contribution in [0.25, 0.3) is 0 Å². The molecular weight excluding hydrogens is 315 g/mol. The standard InChI is InChI=1S/C20H21FN4/c1-14-7-8-17(13-15(14)2)24-20-23-12-10-19(25-20)22-11-9-16-5-3-4-6-18(16)21/h3-8,10,12-13H,9,11H2,1-2H3,(H2,22,23,24,25). The number of benzene rings is 2. The molecule has 0 spiro atoms. The molecule has 0 saturated carbocycles. The molecule has 25 heavy (non-hydrogen) atoms. The van der Waals surface area contributed by atoms with Crippen molar-refractivity contribution in [3.05, 3.63) is 77.2 Å². The van der Waals surface area contributed by atoms with Crippen LogP contribution in [-0.4, -0.2) is 16.5 Å². The molecule has 0 saturated heterocycles. The monoisotopic (exact) mass is 336 g/mol. The zero-order valence-electron chi connectivity index (χ0n) is 14.4. The van der Waals surface area contributed by atoms with Gasteiger partial charge in [-0.25, -0.2) is 9.37 Å². The molecule has 0 radical (unpaired) electrons. The number of nitrogens with zero attached hydrogens (tertiary/aromatic N) is 2. The molecule has 0 aliphatic rings. The van der Waals surface area contributed by atoms with E-state index >= 15 is 0 Å². The molecular formula is C20H21FN4. The molecule has 4 nitrogen and oxygen atoms in total. The molecule has 1 heterocycles. The van der Waals surface area contributed by atoms with Crippen molar-refractivity contribution in [1.29, 1.82) is 0 Å². The van der Waals surface area contributed by atoms with Gasteiger partial charge in [-0.2, -0.15) is 4.98 Å². The summed E-state index contributed by atoms with van der Waals surface area (Å²) in [5.74, 6) is 1.06. The largest absolute Gasteiger partial charge is 0.370 e. The van der Waals surface area contributed by atoms with Gasteiger partial charge in [-0.3, -0.25) is 0 Å². The summed E-state index contributed by atoms with van der Waals surface area (Å²) in [6.45, 7) is 4.75. The first-order valence-electron chi connectivity index (χ1n) is 8.26. The molecule has 1 aromatic heterocycles. The highest BCUT2D eigenvalue weighted by Crippen LogP contribution is 2.18. The summed E-state index contributed by atoms with van der Waals surface area (Å²) >= 11 is 0. The maximum atomic E-state index is 13.6. The predicted molar refractivity (Wildman–Crippen MR) is 99.8 cm³/mol. The summed E-state index contributed by atoms with van der Waals surface area (Å²) in [4.78, 5) is 8.69. The quantitative estimate of drug-likeness (QED) is 0.689. The zero-order valence-corrected chi connectivity index (χ0v) is 14.4. The Morgan fingerprint density at radius 2 is 1.84 bits per heavy atom. The fraction of sp³-hybridized carbons (Fsp3) is 0.200. The van der Waals surface area contributed by atoms with Gasteiger partial charge in [0.15, 0.2) is 0 Å². The second kappa shape index (κ2) is 7.75. The number of nitrogens with one attached hydrogen (secondary N) is 2. The van der Waals surface area contributed by atoms with Crippen LogP contribution in [-0.2, 0) is 6.42 Å². The summed E-state index contributed by atoms with van der Waals surface area (Å²) in [7, 11) is 0. The molecule has 0 atom stereocenters. The van der Waals surface area contributed by atoms with Gasteiger partial charge in [0.05, 0.1) is 0 Å². The van der Waals surface area contributed by atoms with Crippen LogP contribution in [0.3, 0.4) is 0 Å². The highest BCUT2D eigenvalue weighted by molar-refractivity contribution is 5.56. The average Bonchev–Trinajstić information content (AvgIpc) is 2.60. The predicted octanol–water partition coefficient (Wildman–Crippen LogP) is 4.63. The molecule has 2 N–H and O–H groups in total. The second-order valence-corrected chi connectivity index (χ2v) is 5.96. The molecule has 0 aliphatic heterocycles. The molecule has 0 amide bonds. The number of aryl methyl sites for hydroxylation is 2. The highest BCUT2D eigenvalue weighted by Gasteiger charge is 2.03. The van der Waals surface area contributed by atoms with Crippen molar-refractivity contribution in [2.75, 3.05) is 17.2 Å². The molecule has 128 valence electrons. The lowest BCUT2D eigenvalue weighted by Crippen LogP contribution is -2.08. The fourth-order valence-electron chi connectivity index (χ4n) is 2.49. The van der Waals surface area contributed by atoms with Gasteiger partial charge < -0.3 is 10.6 Å². The van der Waals surface area contributed by atoms with Crippen molar-refractivity contribution in [2.24, 2.45) is 0 Å². The maximum Gasteiger partial charge on any atom is 0.229 e. The molecule has 0 fully saturated rings. The number of aromatic nitrogens is 2. The minimum Gasteiger partial charge on any atom is -0.370 e. The van der Waals surface area contributed by atoms with E-state index in [0.717, 1.165) is 5.69 Å². The van der Waals surface area contributed by atoms with E-state index in [0.29, 0.717) is 30.3 Å². The molecule has 3 rings (SSSR count). The summed E-state index contributed by atoms with van der Waals surface area (Å²) in [6.07, 6.45) is 2.29. The van der Waals surface area contributed by atoms with E-state index in [1.807, 2.05) is 12.1 Å². The van der Waals surface area contributed by atoms with Gasteiger partial charge in [0, 0.05) is 18.4 Å². The van der Waals surface area contributed by atoms with Crippen molar-refractivity contribution < 1.29 is 4.39 Å². The Morgan fingerprint density at radius 3 is 2.64 bits per heavy atom. The lowest BCUT2D eigenvalue weighted by atomic mass is 10.1. The van der Waals surface area contributed by atoms with Crippen LogP contribution in [0, 0.1) is 19.7 Å². The first-order chi connectivity index (χ1) is 12.1. The Bertz CT molecular complexity index is 864. The summed E-state index contributed by atoms with van der Waals surface area (Å²) in [6, 6.07) is 14.7. The van der Waals surface area contributed by atoms with Gasteiger partial charge in [-0.05, 0) is 61.2 Å². The number of rotatable bonds is 6. The SMILES string of the molecule is Cc1ccc(Nc2nccc(NCCc3ccccc3F)n2)cc1C. The third kappa shape index (κ3) is 4.53. The zero-order chi connectivity index (χ0) is 17.6. The number of hydrogen-bond donors (Lipinski definition) is 2. The topological polar surface area (TPSA) is 49.8 Å². The minimum absolute atomic E-state index is 0.177. The smallest absolute Gasteiger partial charge is 0.229 e. The molecule has 5 heteroatoms. The van der Waals surface area contributed by atoms with Crippen LogP contribution in [0.5, 0.6) is 0 Å². The van der Waals surface area contributed by atoms with Crippen LogP contribution in [0.2, 0.25) is 0 Å². The van der Waals surface area contributed by atoms with Crippen molar-refractivity contribution in [3.63, 3.8) is 0 Å². The van der Waals surface area contributed by atoms with Crippen LogP contribution in [0.1, 0.15) is 16.7 Å². The Kier molecular flexibility index (Phi) is 5.23. The van der Waals surface area contributed by atoms with E-state index < -0.39 is 0 Å². The highest BCUT2D eigenvalue weighted by atomic mass is 19.1. The number of anilines is 3. The van der Waals surface area contributed by atoms with Gasteiger partial charge in [-0.15, -0.1) is 0 Å². The molecule has 0 aliphatic carbocycles. The van der Waals surface area contributed by atoms with E-state index in [1.54, 1.807) is 24.4 Å². The first kappa shape index (κ1) is 16.9. The molecule has 3 aromatic rings. The second-order valence-electron chi connectivity index (χ2n) is 5.96. The van der Waals surface area contributed by atoms with Gasteiger partial charge in [0.2, 0.25) is 5.95 Å². The van der Waals surface area contributed by atoms with E-state index in [9.17, 15) is 4.39 Å². The fourth-order valence-corrected chi connectivity index (χ4v) is 2.49. The van der Waals surface area contributed by atoms with Crippen LogP contribution >= 0.6 is 0 Å². The summed E-state index contributed by atoms with van der Waals surface area (Å²) < 4.78 is 13.6. The maximum absolute atomic E-state index is 13.6. The number of hydrogen-bond acceptors (Lipinski definition) is 4. The Hall–Kier alpha value is -2.95. The van der Waals surface area contributed by atoms with E-state index in [-0.39, 0.29) is 5.82 Å². The van der Waals surface area contributed by atoms with E-state index in [1.165, 1.54) is 17.2 Å². The van der Waals surface area contributed by atoms with Gasteiger partial charge >= 0.3 is 0 Å². The van der Waals surface area contributed by atoms with Crippen molar-refractivity contribution in [1.82, 2.24) is 9.97 Å². The van der Waals surface area contributed by atoms with Crippen molar-refractivity contribution in [3.8, 4) is 0 Å². The van der Waals surface area contributed by atoms with Crippen LogP contribution in [0.4, 0.5) is 21.8 Å². The third-order valence-corrected chi connectivity index (χ3v) is 4.08. The molecule has 0 unspecified atom stereocenters. The van der Waals surface area contributed by atoms with Gasteiger partial charge in [0.25, 0.3) is 0 Å². The first-order valence-corrected chi connectivity index (χ1v) is 8.26. The Morgan fingerprint density at radius 1 is 1.00 bits per heavy atom. The summed E-state index contributed by atoms with van der Waals surface area (Å²) in [5, 5.41) is 6.42. The Labute approximate surface area is 147 Å². The van der Waals surface area contributed by atoms with Crippen molar-refractivity contribution in [2.45, 2.75) is 20.3 Å². The van der Waals surface area contributed by atoms with E-state index in [4.69, 9.17) is 0 Å². The normalized spacial score (nSPS) is 10.5. The van der Waals surface area contributed by atoms with Crippen molar-refractivity contribution >= 4 is 17.5 Å². The minimum atomic E-state index is -0.177. The van der Waals surface area contributed by atoms with Crippen LogP contribution in [0.15, 0.2) is 54.7 Å². The summed E-state index contributed by atoms with van der Waals surface area (Å²) in [5.41, 5.74) is 4.10. The average molecular weight is 336 g/mol.